The Labute approximate surface area is 147 Å². The molecular formula is C18H24N4O3. The highest BCUT2D eigenvalue weighted by molar-refractivity contribution is 6.04. The van der Waals surface area contributed by atoms with E-state index in [1.165, 1.54) is 7.11 Å². The third kappa shape index (κ3) is 5.07. The molecule has 2 rings (SSSR count). The Bertz CT molecular complexity index is 769. The van der Waals surface area contributed by atoms with Crippen molar-refractivity contribution in [2.45, 2.75) is 33.2 Å². The Balaban J connectivity index is 2.29. The number of carbonyl (C=O) groups excluding carboxylic acids is 1. The maximum absolute atomic E-state index is 12.6. The first-order valence-electron chi connectivity index (χ1n) is 7.89. The van der Waals surface area contributed by atoms with Gasteiger partial charge in [0.05, 0.1) is 19.9 Å². The molecule has 1 amide bonds. The maximum atomic E-state index is 12.6. The minimum absolute atomic E-state index is 0.176. The summed E-state index contributed by atoms with van der Waals surface area (Å²) >= 11 is 0. The largest absolute Gasteiger partial charge is 0.497 e. The van der Waals surface area contributed by atoms with E-state index in [2.05, 4.69) is 20.6 Å². The van der Waals surface area contributed by atoms with Crippen LogP contribution in [0, 0.1) is 6.92 Å². The second kappa shape index (κ2) is 7.38. The highest BCUT2D eigenvalue weighted by Crippen LogP contribution is 2.29. The van der Waals surface area contributed by atoms with Crippen LogP contribution in [0.3, 0.4) is 0 Å². The molecule has 0 saturated carbocycles. The minimum atomic E-state index is -0.353. The number of carbonyl (C=O) groups is 1. The van der Waals surface area contributed by atoms with Crippen LogP contribution in [0.2, 0.25) is 0 Å². The molecule has 0 aliphatic carbocycles. The number of nitrogens with zero attached hydrogens (tertiary/aromatic N) is 2. The molecule has 0 saturated heterocycles. The first-order chi connectivity index (χ1) is 11.7. The summed E-state index contributed by atoms with van der Waals surface area (Å²) in [6, 6.07) is 6.81. The molecule has 0 unspecified atom stereocenters. The number of rotatable bonds is 5. The van der Waals surface area contributed by atoms with Crippen LogP contribution >= 0.6 is 0 Å². The average Bonchev–Trinajstić information content (AvgIpc) is 2.52. The molecule has 0 bridgehead atoms. The van der Waals surface area contributed by atoms with Gasteiger partial charge in [-0.05, 0) is 39.8 Å². The van der Waals surface area contributed by atoms with E-state index in [0.29, 0.717) is 28.8 Å². The monoisotopic (exact) mass is 344 g/mol. The fourth-order valence-corrected chi connectivity index (χ4v) is 2.23. The lowest BCUT2D eigenvalue weighted by atomic mass is 10.1. The van der Waals surface area contributed by atoms with Crippen molar-refractivity contribution in [2.24, 2.45) is 0 Å². The van der Waals surface area contributed by atoms with Gasteiger partial charge in [-0.3, -0.25) is 4.79 Å². The first kappa shape index (κ1) is 18.5. The van der Waals surface area contributed by atoms with Crippen LogP contribution in [0.4, 0.5) is 11.5 Å². The number of anilines is 2. The molecule has 2 N–H and O–H groups in total. The van der Waals surface area contributed by atoms with Gasteiger partial charge in [-0.15, -0.1) is 0 Å². The minimum Gasteiger partial charge on any atom is -0.497 e. The SMILES string of the molecule is COc1ccc(OC)c(NC(=O)c2cc(NC(C)(C)C)nc(C)n2)c1. The molecule has 134 valence electrons. The molecule has 0 aliphatic heterocycles. The number of benzene rings is 1. The van der Waals surface area contributed by atoms with Crippen molar-refractivity contribution in [1.29, 1.82) is 0 Å². The van der Waals surface area contributed by atoms with Crippen LogP contribution in [0.1, 0.15) is 37.1 Å². The molecule has 25 heavy (non-hydrogen) atoms. The number of amides is 1. The Morgan fingerprint density at radius 1 is 1.08 bits per heavy atom. The van der Waals surface area contributed by atoms with Gasteiger partial charge in [-0.25, -0.2) is 9.97 Å². The van der Waals surface area contributed by atoms with Crippen molar-refractivity contribution in [1.82, 2.24) is 9.97 Å². The maximum Gasteiger partial charge on any atom is 0.274 e. The van der Waals surface area contributed by atoms with Gasteiger partial charge in [0.25, 0.3) is 5.91 Å². The summed E-state index contributed by atoms with van der Waals surface area (Å²) in [5.74, 6) is 1.91. The number of nitrogens with one attached hydrogen (secondary N) is 2. The van der Waals surface area contributed by atoms with Gasteiger partial charge >= 0.3 is 0 Å². The van der Waals surface area contributed by atoms with E-state index in [-0.39, 0.29) is 17.1 Å². The van der Waals surface area contributed by atoms with E-state index in [4.69, 9.17) is 9.47 Å². The Morgan fingerprint density at radius 3 is 2.40 bits per heavy atom. The lowest BCUT2D eigenvalue weighted by Gasteiger charge is -2.21. The average molecular weight is 344 g/mol. The predicted octanol–water partition coefficient (Wildman–Crippen LogP) is 3.26. The van der Waals surface area contributed by atoms with Gasteiger partial charge in [-0.2, -0.15) is 0 Å². The lowest BCUT2D eigenvalue weighted by molar-refractivity contribution is 0.102. The third-order valence-corrected chi connectivity index (χ3v) is 3.23. The second-order valence-corrected chi connectivity index (χ2v) is 6.58. The van der Waals surface area contributed by atoms with Gasteiger partial charge in [0, 0.05) is 17.7 Å². The standard InChI is InChI=1S/C18H24N4O3/c1-11-19-14(10-16(20-11)22-18(2,3)4)17(23)21-13-9-12(24-5)7-8-15(13)25-6/h7-10H,1-6H3,(H,21,23)(H,19,20,22). The smallest absolute Gasteiger partial charge is 0.274 e. The summed E-state index contributed by atoms with van der Waals surface area (Å²) in [5.41, 5.74) is 0.599. The fourth-order valence-electron chi connectivity index (χ4n) is 2.23. The van der Waals surface area contributed by atoms with E-state index in [9.17, 15) is 4.79 Å². The molecule has 7 nitrogen and oxygen atoms in total. The zero-order valence-electron chi connectivity index (χ0n) is 15.4. The van der Waals surface area contributed by atoms with E-state index < -0.39 is 0 Å². The quantitative estimate of drug-likeness (QED) is 0.866. The van der Waals surface area contributed by atoms with Gasteiger partial charge in [0.2, 0.25) is 0 Å². The highest BCUT2D eigenvalue weighted by Gasteiger charge is 2.16. The zero-order chi connectivity index (χ0) is 18.6. The third-order valence-electron chi connectivity index (χ3n) is 3.23. The Hall–Kier alpha value is -2.83. The molecule has 0 atom stereocenters. The number of hydrogen-bond donors (Lipinski definition) is 2. The topological polar surface area (TPSA) is 85.4 Å². The summed E-state index contributed by atoms with van der Waals surface area (Å²) in [6.07, 6.45) is 0. The normalized spacial score (nSPS) is 11.0. The van der Waals surface area contributed by atoms with E-state index >= 15 is 0 Å². The molecule has 0 aliphatic rings. The molecule has 7 heteroatoms. The number of aromatic nitrogens is 2. The van der Waals surface area contributed by atoms with Gasteiger partial charge < -0.3 is 20.1 Å². The van der Waals surface area contributed by atoms with E-state index in [1.807, 2.05) is 20.8 Å². The number of methoxy groups -OCH3 is 2. The van der Waals surface area contributed by atoms with Crippen LogP contribution in [0.15, 0.2) is 24.3 Å². The molecule has 0 fully saturated rings. The van der Waals surface area contributed by atoms with Gasteiger partial charge in [0.15, 0.2) is 0 Å². The molecule has 0 radical (unpaired) electrons. The first-order valence-corrected chi connectivity index (χ1v) is 7.89. The number of aryl methyl sites for hydroxylation is 1. The lowest BCUT2D eigenvalue weighted by Crippen LogP contribution is -2.27. The summed E-state index contributed by atoms with van der Waals surface area (Å²) < 4.78 is 10.5. The summed E-state index contributed by atoms with van der Waals surface area (Å²) in [5, 5.41) is 6.05. The van der Waals surface area contributed by atoms with Crippen LogP contribution in [-0.2, 0) is 0 Å². The predicted molar refractivity (Wildman–Crippen MR) is 97.6 cm³/mol. The molecular weight excluding hydrogens is 320 g/mol. The second-order valence-electron chi connectivity index (χ2n) is 6.58. The van der Waals surface area contributed by atoms with Crippen molar-refractivity contribution in [2.75, 3.05) is 24.9 Å². The molecule has 1 aromatic carbocycles. The molecule has 1 heterocycles. The summed E-state index contributed by atoms with van der Waals surface area (Å²) in [6.45, 7) is 7.80. The van der Waals surface area contributed by atoms with Crippen molar-refractivity contribution in [3.63, 3.8) is 0 Å². The number of hydrogen-bond acceptors (Lipinski definition) is 6. The molecule has 1 aromatic heterocycles. The fraction of sp³-hybridized carbons (Fsp3) is 0.389. The van der Waals surface area contributed by atoms with E-state index in [1.54, 1.807) is 38.3 Å². The van der Waals surface area contributed by atoms with Crippen LogP contribution in [0.5, 0.6) is 11.5 Å². The van der Waals surface area contributed by atoms with E-state index in [0.717, 1.165) is 0 Å². The van der Waals surface area contributed by atoms with Crippen LogP contribution in [0.25, 0.3) is 0 Å². The van der Waals surface area contributed by atoms with Crippen molar-refractivity contribution in [3.8, 4) is 11.5 Å². The Kier molecular flexibility index (Phi) is 5.46. The number of ether oxygens (including phenoxy) is 2. The molecule has 0 spiro atoms. The summed E-state index contributed by atoms with van der Waals surface area (Å²) in [7, 11) is 3.10. The van der Waals surface area contributed by atoms with Gasteiger partial charge in [-0.1, -0.05) is 0 Å². The van der Waals surface area contributed by atoms with Gasteiger partial charge in [0.1, 0.15) is 28.8 Å². The van der Waals surface area contributed by atoms with Crippen molar-refractivity contribution < 1.29 is 14.3 Å². The zero-order valence-corrected chi connectivity index (χ0v) is 15.4. The Morgan fingerprint density at radius 2 is 1.80 bits per heavy atom. The molecule has 2 aromatic rings. The van der Waals surface area contributed by atoms with Crippen LogP contribution in [-0.4, -0.2) is 35.6 Å². The highest BCUT2D eigenvalue weighted by atomic mass is 16.5. The van der Waals surface area contributed by atoms with Crippen LogP contribution < -0.4 is 20.1 Å². The van der Waals surface area contributed by atoms with Crippen molar-refractivity contribution >= 4 is 17.4 Å². The summed E-state index contributed by atoms with van der Waals surface area (Å²) in [4.78, 5) is 21.2. The van der Waals surface area contributed by atoms with Crippen molar-refractivity contribution in [3.05, 3.63) is 35.8 Å².